The average Bonchev–Trinajstić information content (AvgIpc) is 3.43. The maximum Gasteiger partial charge on any atom is 0.254 e. The molecule has 0 bridgehead atoms. The molecule has 1 atom stereocenters. The lowest BCUT2D eigenvalue weighted by Gasteiger charge is -2.39. The van der Waals surface area contributed by atoms with Crippen molar-refractivity contribution in [2.45, 2.75) is 69.7 Å². The smallest absolute Gasteiger partial charge is 0.254 e. The molecule has 2 N–H and O–H groups in total. The van der Waals surface area contributed by atoms with E-state index in [4.69, 9.17) is 14.2 Å². The molecule has 0 spiro atoms. The second kappa shape index (κ2) is 13.3. The lowest BCUT2D eigenvalue weighted by Crippen LogP contribution is -2.46. The van der Waals surface area contributed by atoms with Crippen molar-refractivity contribution in [3.63, 3.8) is 0 Å². The predicted octanol–water partition coefficient (Wildman–Crippen LogP) is 5.76. The number of H-pyrrole nitrogens is 1. The number of thioether (sulfide) groups is 1. The molecule has 3 aromatic rings. The van der Waals surface area contributed by atoms with Gasteiger partial charge in [-0.2, -0.15) is 0 Å². The Morgan fingerprint density at radius 2 is 1.72 bits per heavy atom. The third-order valence-corrected chi connectivity index (χ3v) is 10.7. The number of nitrogens with zero attached hydrogens (tertiary/aromatic N) is 2. The van der Waals surface area contributed by atoms with Gasteiger partial charge < -0.3 is 34.3 Å². The van der Waals surface area contributed by atoms with Crippen LogP contribution in [0.1, 0.15) is 59.8 Å². The summed E-state index contributed by atoms with van der Waals surface area (Å²) in [4.78, 5) is 35.0. The SMILES string of the molecule is CSc1cc(C)[nH]c(=O)c1CNC(=O)c1cc(-c2ccc(N3CCOCC3)cc2)c2c(c1C)OC(C)(C1CCC(N(C)C)CC1)O2. The van der Waals surface area contributed by atoms with Crippen molar-refractivity contribution in [2.75, 3.05) is 51.6 Å². The van der Waals surface area contributed by atoms with Gasteiger partial charge in [0.2, 0.25) is 0 Å². The number of benzene rings is 2. The number of nitrogens with one attached hydrogen (secondary N) is 2. The number of aromatic amines is 1. The fourth-order valence-corrected chi connectivity index (χ4v) is 7.80. The van der Waals surface area contributed by atoms with E-state index in [0.717, 1.165) is 85.0 Å². The number of hydrogen-bond acceptors (Lipinski definition) is 8. The topological polar surface area (TPSA) is 96.1 Å². The number of anilines is 1. The third kappa shape index (κ3) is 6.39. The summed E-state index contributed by atoms with van der Waals surface area (Å²) in [5, 5.41) is 3.02. The summed E-state index contributed by atoms with van der Waals surface area (Å²) in [5.41, 5.74) is 5.30. The molecule has 2 fully saturated rings. The molecule has 3 heterocycles. The van der Waals surface area contributed by atoms with Gasteiger partial charge in [-0.15, -0.1) is 11.8 Å². The number of aryl methyl sites for hydroxylation is 1. The Kier molecular flexibility index (Phi) is 9.41. The molecule has 1 aromatic heterocycles. The van der Waals surface area contributed by atoms with E-state index in [1.54, 1.807) is 0 Å². The van der Waals surface area contributed by atoms with E-state index in [1.165, 1.54) is 11.8 Å². The van der Waals surface area contributed by atoms with Crippen LogP contribution in [0.15, 0.2) is 46.1 Å². The molecule has 2 aromatic carbocycles. The van der Waals surface area contributed by atoms with Crippen LogP contribution < -0.4 is 25.2 Å². The van der Waals surface area contributed by atoms with Crippen LogP contribution >= 0.6 is 11.8 Å². The lowest BCUT2D eigenvalue weighted by molar-refractivity contribution is -0.123. The molecule has 10 heteroatoms. The van der Waals surface area contributed by atoms with Crippen molar-refractivity contribution in [2.24, 2.45) is 5.92 Å². The van der Waals surface area contributed by atoms with Crippen molar-refractivity contribution in [3.05, 3.63) is 69.1 Å². The van der Waals surface area contributed by atoms with E-state index in [1.807, 2.05) is 39.2 Å². The number of ether oxygens (including phenoxy) is 3. The molecule has 1 saturated heterocycles. The number of hydrogen-bond donors (Lipinski definition) is 2. The summed E-state index contributed by atoms with van der Waals surface area (Å²) in [6, 6.07) is 12.8. The fourth-order valence-electron chi connectivity index (χ4n) is 7.09. The Bertz CT molecular complexity index is 1640. The second-order valence-corrected chi connectivity index (χ2v) is 13.9. The molecular formula is C36H46N4O5S. The zero-order valence-corrected chi connectivity index (χ0v) is 28.6. The van der Waals surface area contributed by atoms with Crippen molar-refractivity contribution in [1.82, 2.24) is 15.2 Å². The number of morpholine rings is 1. The first-order chi connectivity index (χ1) is 22.1. The van der Waals surface area contributed by atoms with Gasteiger partial charge in [0.1, 0.15) is 0 Å². The highest BCUT2D eigenvalue weighted by Crippen LogP contribution is 2.53. The van der Waals surface area contributed by atoms with Gasteiger partial charge in [-0.1, -0.05) is 12.1 Å². The van der Waals surface area contributed by atoms with Gasteiger partial charge in [0.05, 0.1) is 13.2 Å². The van der Waals surface area contributed by atoms with E-state index >= 15 is 0 Å². The zero-order valence-electron chi connectivity index (χ0n) is 27.8. The van der Waals surface area contributed by atoms with Gasteiger partial charge >= 0.3 is 0 Å². The van der Waals surface area contributed by atoms with Gasteiger partial charge in [0, 0.05) is 77.0 Å². The molecule has 246 valence electrons. The number of aromatic nitrogens is 1. The van der Waals surface area contributed by atoms with Crippen LogP contribution in [0.25, 0.3) is 11.1 Å². The van der Waals surface area contributed by atoms with Crippen LogP contribution in [0.3, 0.4) is 0 Å². The van der Waals surface area contributed by atoms with Crippen LogP contribution in [0, 0.1) is 19.8 Å². The van der Waals surface area contributed by atoms with Crippen LogP contribution in [0.4, 0.5) is 5.69 Å². The highest BCUT2D eigenvalue weighted by molar-refractivity contribution is 7.98. The van der Waals surface area contributed by atoms with Gasteiger partial charge in [-0.25, -0.2) is 0 Å². The molecule has 2 aliphatic heterocycles. The quantitative estimate of drug-likeness (QED) is 0.299. The molecule has 1 aliphatic carbocycles. The molecule has 9 nitrogen and oxygen atoms in total. The maximum atomic E-state index is 13.9. The molecule has 1 saturated carbocycles. The maximum absolute atomic E-state index is 13.9. The summed E-state index contributed by atoms with van der Waals surface area (Å²) in [5.74, 6) is 0.440. The van der Waals surface area contributed by atoms with Gasteiger partial charge in [0.15, 0.2) is 11.5 Å². The number of fused-ring (bicyclic) bond motifs is 1. The fraction of sp³-hybridized carbons (Fsp3) is 0.500. The first-order valence-electron chi connectivity index (χ1n) is 16.3. The summed E-state index contributed by atoms with van der Waals surface area (Å²) in [7, 11) is 4.29. The van der Waals surface area contributed by atoms with Crippen molar-refractivity contribution < 1.29 is 19.0 Å². The lowest BCUT2D eigenvalue weighted by atomic mass is 9.81. The van der Waals surface area contributed by atoms with E-state index in [9.17, 15) is 9.59 Å². The first-order valence-corrected chi connectivity index (χ1v) is 17.5. The van der Waals surface area contributed by atoms with E-state index < -0.39 is 5.79 Å². The van der Waals surface area contributed by atoms with Crippen LogP contribution in [-0.2, 0) is 11.3 Å². The number of pyridine rings is 1. The number of rotatable bonds is 8. The Hall–Kier alpha value is -3.47. The van der Waals surface area contributed by atoms with Gasteiger partial charge in [-0.3, -0.25) is 9.59 Å². The van der Waals surface area contributed by atoms with E-state index in [0.29, 0.717) is 28.7 Å². The Labute approximate surface area is 276 Å². The minimum Gasteiger partial charge on any atom is -0.448 e. The number of carbonyl (C=O) groups excluding carboxylic acids is 1. The molecule has 1 unspecified atom stereocenters. The largest absolute Gasteiger partial charge is 0.448 e. The Balaban J connectivity index is 1.33. The van der Waals surface area contributed by atoms with E-state index in [2.05, 4.69) is 58.5 Å². The Morgan fingerprint density at radius 3 is 2.37 bits per heavy atom. The van der Waals surface area contributed by atoms with E-state index in [-0.39, 0.29) is 23.9 Å². The highest BCUT2D eigenvalue weighted by Gasteiger charge is 2.47. The number of amides is 1. The third-order valence-electron chi connectivity index (χ3n) is 9.94. The molecular weight excluding hydrogens is 600 g/mol. The number of carbonyl (C=O) groups is 1. The second-order valence-electron chi connectivity index (χ2n) is 13.1. The normalized spacial score (nSPS) is 22.7. The highest BCUT2D eigenvalue weighted by atomic mass is 32.2. The standard InChI is InChI=1S/C36H46N4O5S/c1-22-19-31(46-6)30(35(42)38-22)21-37-34(41)28-20-29(24-7-11-27(12-8-24)40-15-17-43-18-16-40)33-32(23(28)2)44-36(3,45-33)25-9-13-26(14-10-25)39(4)5/h7-8,11-12,19-20,25-26H,9-10,13-18,21H2,1-6H3,(H,37,41)(H,38,42). The van der Waals surface area contributed by atoms with Gasteiger partial charge in [0.25, 0.3) is 17.3 Å². The minimum absolute atomic E-state index is 0.120. The molecule has 46 heavy (non-hydrogen) atoms. The predicted molar refractivity (Wildman–Crippen MR) is 183 cm³/mol. The zero-order chi connectivity index (χ0) is 32.6. The average molecular weight is 647 g/mol. The monoisotopic (exact) mass is 646 g/mol. The molecule has 1 amide bonds. The van der Waals surface area contributed by atoms with Crippen LogP contribution in [0.2, 0.25) is 0 Å². The summed E-state index contributed by atoms with van der Waals surface area (Å²) >= 11 is 1.50. The van der Waals surface area contributed by atoms with Gasteiger partial charge in [-0.05, 0) is 89.7 Å². The van der Waals surface area contributed by atoms with Crippen molar-refractivity contribution >= 4 is 23.4 Å². The van der Waals surface area contributed by atoms with Crippen molar-refractivity contribution in [3.8, 4) is 22.6 Å². The molecule has 3 aliphatic rings. The Morgan fingerprint density at radius 1 is 1.04 bits per heavy atom. The van der Waals surface area contributed by atoms with Crippen molar-refractivity contribution in [1.29, 1.82) is 0 Å². The molecule has 6 rings (SSSR count). The first kappa shape index (κ1) is 32.5. The summed E-state index contributed by atoms with van der Waals surface area (Å²) < 4.78 is 19.1. The summed E-state index contributed by atoms with van der Waals surface area (Å²) in [6.45, 7) is 9.10. The van der Waals surface area contributed by atoms with Crippen LogP contribution in [0.5, 0.6) is 11.5 Å². The minimum atomic E-state index is -0.829. The molecule has 0 radical (unpaired) electrons. The summed E-state index contributed by atoms with van der Waals surface area (Å²) in [6.07, 6.45) is 6.13. The van der Waals surface area contributed by atoms with Crippen LogP contribution in [-0.4, -0.2) is 74.3 Å².